The van der Waals surface area contributed by atoms with Crippen molar-refractivity contribution in [1.29, 1.82) is 0 Å². The highest BCUT2D eigenvalue weighted by Crippen LogP contribution is 2.05. The van der Waals surface area contributed by atoms with Crippen LogP contribution in [0, 0.1) is 0 Å². The van der Waals surface area contributed by atoms with Gasteiger partial charge in [-0.3, -0.25) is 4.99 Å². The largest absolute Gasteiger partial charge is 0.260 e. The van der Waals surface area contributed by atoms with Gasteiger partial charge in [-0.15, -0.1) is 5.73 Å². The molecule has 0 spiro atoms. The summed E-state index contributed by atoms with van der Waals surface area (Å²) in [6, 6.07) is 0. The zero-order valence-corrected chi connectivity index (χ0v) is 7.21. The third kappa shape index (κ3) is 2.16. The molecule has 0 atom stereocenters. The number of rotatable bonds is 0. The predicted octanol–water partition coefficient (Wildman–Crippen LogP) is 2.45. The van der Waals surface area contributed by atoms with Gasteiger partial charge in [-0.2, -0.15) is 0 Å². The van der Waals surface area contributed by atoms with E-state index in [-0.39, 0.29) is 0 Å². The molecule has 0 bridgehead atoms. The second-order valence-corrected chi connectivity index (χ2v) is 2.89. The van der Waals surface area contributed by atoms with Crippen LogP contribution in [0.3, 0.4) is 0 Å². The summed E-state index contributed by atoms with van der Waals surface area (Å²) in [6.07, 6.45) is 5.61. The maximum Gasteiger partial charge on any atom is 0.0731 e. The van der Waals surface area contributed by atoms with Crippen molar-refractivity contribution in [3.05, 3.63) is 27.2 Å². The Kier molecular flexibility index (Phi) is 2.25. The van der Waals surface area contributed by atoms with Gasteiger partial charge < -0.3 is 0 Å². The molecule has 46 valence electrons. The Morgan fingerprint density at radius 3 is 3.22 bits per heavy atom. The molecule has 0 radical (unpaired) electrons. The summed E-state index contributed by atoms with van der Waals surface area (Å²) in [5, 5.41) is 0. The summed E-state index contributed by atoms with van der Waals surface area (Å²) in [6.45, 7) is 1.96. The molecule has 1 heterocycles. The summed E-state index contributed by atoms with van der Waals surface area (Å²) < 4.78 is 1.04. The summed E-state index contributed by atoms with van der Waals surface area (Å²) in [5.74, 6) is 0. The van der Waals surface area contributed by atoms with Crippen LogP contribution in [0.4, 0.5) is 0 Å². The molecule has 1 aliphatic rings. The molecule has 0 aromatic rings. The van der Waals surface area contributed by atoms with E-state index in [1.165, 1.54) is 0 Å². The van der Waals surface area contributed by atoms with E-state index in [9.17, 15) is 0 Å². The molecule has 0 N–H and O–H groups in total. The Bertz CT molecular complexity index is 229. The number of hydrogen-bond donors (Lipinski definition) is 0. The molecule has 0 saturated carbocycles. The number of aliphatic imine (C=N–C) groups is 1. The number of halogens is 1. The average Bonchev–Trinajstić information content (AvgIpc) is 1.97. The van der Waals surface area contributed by atoms with Crippen LogP contribution in [0.2, 0.25) is 0 Å². The lowest BCUT2D eigenvalue weighted by Crippen LogP contribution is -1.69. The van der Waals surface area contributed by atoms with Crippen molar-refractivity contribution in [3.8, 4) is 0 Å². The van der Waals surface area contributed by atoms with Crippen molar-refractivity contribution in [2.75, 3.05) is 0 Å². The van der Waals surface area contributed by atoms with Crippen LogP contribution in [0.1, 0.15) is 6.92 Å². The monoisotopic (exact) mass is 231 g/mol. The van der Waals surface area contributed by atoms with Crippen LogP contribution >= 0.6 is 22.6 Å². The van der Waals surface area contributed by atoms with Crippen LogP contribution in [-0.4, -0.2) is 6.21 Å². The van der Waals surface area contributed by atoms with Gasteiger partial charge in [0.05, 0.1) is 3.58 Å². The maximum absolute atomic E-state index is 4.10. The van der Waals surface area contributed by atoms with Crippen LogP contribution in [0.5, 0.6) is 0 Å². The van der Waals surface area contributed by atoms with E-state index in [0.29, 0.717) is 0 Å². The van der Waals surface area contributed by atoms with Crippen molar-refractivity contribution in [2.24, 2.45) is 4.99 Å². The Morgan fingerprint density at radius 1 is 1.67 bits per heavy atom. The first kappa shape index (κ1) is 6.78. The number of allylic oxidation sites excluding steroid dienone is 3. The van der Waals surface area contributed by atoms with E-state index in [1.54, 1.807) is 6.21 Å². The fourth-order valence-corrected chi connectivity index (χ4v) is 0.800. The summed E-state index contributed by atoms with van der Waals surface area (Å²) in [7, 11) is 0. The first-order valence-corrected chi connectivity index (χ1v) is 3.70. The molecule has 0 fully saturated rings. The maximum atomic E-state index is 4.10. The SMILES string of the molecule is CC1=CC=C=C(I)C=N1. The predicted molar refractivity (Wildman–Crippen MR) is 47.9 cm³/mol. The molecular weight excluding hydrogens is 225 g/mol. The molecular formula is C7H6IN. The van der Waals surface area contributed by atoms with Crippen molar-refractivity contribution >= 4 is 28.8 Å². The second kappa shape index (κ2) is 2.99. The molecule has 1 nitrogen and oxygen atoms in total. The van der Waals surface area contributed by atoms with Crippen LogP contribution < -0.4 is 0 Å². The molecule has 2 heteroatoms. The Balaban J connectivity index is 2.96. The quantitative estimate of drug-likeness (QED) is 0.448. The highest BCUT2D eigenvalue weighted by Gasteiger charge is 1.85. The van der Waals surface area contributed by atoms with Crippen molar-refractivity contribution in [2.45, 2.75) is 6.92 Å². The Hall–Kier alpha value is -0.340. The van der Waals surface area contributed by atoms with E-state index in [1.807, 2.05) is 19.1 Å². The topological polar surface area (TPSA) is 12.4 Å². The van der Waals surface area contributed by atoms with Gasteiger partial charge in [-0.25, -0.2) is 0 Å². The second-order valence-electron chi connectivity index (χ2n) is 1.73. The molecule has 0 saturated heterocycles. The molecule has 1 rings (SSSR count). The molecule has 0 aliphatic carbocycles. The lowest BCUT2D eigenvalue weighted by atomic mass is 10.4. The third-order valence-electron chi connectivity index (χ3n) is 0.927. The normalized spacial score (nSPS) is 16.7. The van der Waals surface area contributed by atoms with Gasteiger partial charge in [0.25, 0.3) is 0 Å². The first-order chi connectivity index (χ1) is 4.29. The highest BCUT2D eigenvalue weighted by atomic mass is 127. The lowest BCUT2D eigenvalue weighted by Gasteiger charge is -1.82. The van der Waals surface area contributed by atoms with Crippen molar-refractivity contribution < 1.29 is 0 Å². The third-order valence-corrected chi connectivity index (χ3v) is 1.52. The molecule has 9 heavy (non-hydrogen) atoms. The van der Waals surface area contributed by atoms with Gasteiger partial charge in [0, 0.05) is 11.9 Å². The van der Waals surface area contributed by atoms with Gasteiger partial charge in [0.2, 0.25) is 0 Å². The highest BCUT2D eigenvalue weighted by molar-refractivity contribution is 14.1. The standard InChI is InChI=1S/C7H6IN/c1-6-3-2-4-7(8)5-9-6/h2-3,5H,1H3. The number of hydrogen-bond acceptors (Lipinski definition) is 1. The summed E-state index contributed by atoms with van der Waals surface area (Å²) in [5.41, 5.74) is 4.05. The minimum atomic E-state index is 1.02. The van der Waals surface area contributed by atoms with Crippen molar-refractivity contribution in [1.82, 2.24) is 0 Å². The molecule has 1 aliphatic heterocycles. The fraction of sp³-hybridized carbons (Fsp3) is 0.143. The van der Waals surface area contributed by atoms with E-state index in [0.717, 1.165) is 9.28 Å². The first-order valence-electron chi connectivity index (χ1n) is 2.62. The van der Waals surface area contributed by atoms with E-state index in [2.05, 4.69) is 33.3 Å². The van der Waals surface area contributed by atoms with Gasteiger partial charge in [0.15, 0.2) is 0 Å². The molecule has 0 aromatic heterocycles. The van der Waals surface area contributed by atoms with Gasteiger partial charge >= 0.3 is 0 Å². The van der Waals surface area contributed by atoms with E-state index < -0.39 is 0 Å². The van der Waals surface area contributed by atoms with Crippen LogP contribution in [0.25, 0.3) is 0 Å². The van der Waals surface area contributed by atoms with Gasteiger partial charge in [-0.05, 0) is 41.7 Å². The van der Waals surface area contributed by atoms with Crippen LogP contribution in [-0.2, 0) is 0 Å². The lowest BCUT2D eigenvalue weighted by molar-refractivity contribution is 1.32. The minimum Gasteiger partial charge on any atom is -0.260 e. The van der Waals surface area contributed by atoms with Gasteiger partial charge in [0.1, 0.15) is 0 Å². The summed E-state index contributed by atoms with van der Waals surface area (Å²) in [4.78, 5) is 4.10. The summed E-state index contributed by atoms with van der Waals surface area (Å²) >= 11 is 2.18. The molecule has 0 unspecified atom stereocenters. The number of nitrogens with zero attached hydrogens (tertiary/aromatic N) is 1. The minimum absolute atomic E-state index is 1.02. The van der Waals surface area contributed by atoms with E-state index in [4.69, 9.17) is 0 Å². The average molecular weight is 231 g/mol. The van der Waals surface area contributed by atoms with Crippen molar-refractivity contribution in [3.63, 3.8) is 0 Å². The Morgan fingerprint density at radius 2 is 2.44 bits per heavy atom. The smallest absolute Gasteiger partial charge is 0.0731 e. The van der Waals surface area contributed by atoms with Gasteiger partial charge in [-0.1, -0.05) is 0 Å². The zero-order valence-electron chi connectivity index (χ0n) is 5.06. The Labute approximate surface area is 68.0 Å². The van der Waals surface area contributed by atoms with Crippen LogP contribution in [0.15, 0.2) is 32.2 Å². The van der Waals surface area contributed by atoms with E-state index >= 15 is 0 Å². The molecule has 0 aromatic carbocycles. The molecule has 0 amide bonds. The zero-order chi connectivity index (χ0) is 6.69. The fourth-order valence-electron chi connectivity index (χ4n) is 0.481.